The van der Waals surface area contributed by atoms with Crippen LogP contribution in [0.5, 0.6) is 0 Å². The Labute approximate surface area is 155 Å². The van der Waals surface area contributed by atoms with Gasteiger partial charge < -0.3 is 9.80 Å². The van der Waals surface area contributed by atoms with E-state index in [0.717, 1.165) is 25.2 Å². The minimum Gasteiger partial charge on any atom is -0.368 e. The Kier molecular flexibility index (Phi) is 4.55. The summed E-state index contributed by atoms with van der Waals surface area (Å²) in [6, 6.07) is 14.8. The molecular weight excluding hydrogens is 350 g/mol. The predicted molar refractivity (Wildman–Crippen MR) is 102 cm³/mol. The van der Waals surface area contributed by atoms with Crippen LogP contribution in [0.3, 0.4) is 0 Å². The van der Waals surface area contributed by atoms with E-state index in [2.05, 4.69) is 17.0 Å². The van der Waals surface area contributed by atoms with Crippen LogP contribution < -0.4 is 4.90 Å². The molecule has 0 aliphatic carbocycles. The van der Waals surface area contributed by atoms with Crippen molar-refractivity contribution >= 4 is 29.0 Å². The Balaban J connectivity index is 1.35. The first-order valence-corrected chi connectivity index (χ1v) is 9.52. The molecule has 6 nitrogen and oxygen atoms in total. The zero-order valence-electron chi connectivity index (χ0n) is 14.2. The molecule has 1 atom stereocenters. The number of piperazine rings is 1. The van der Waals surface area contributed by atoms with Crippen LogP contribution in [0, 0.1) is 10.1 Å². The number of non-ortho nitro benzene ring substituents is 1. The number of carbonyl (C=O) groups is 1. The standard InChI is InChI=1S/C19H19N3O3S/c23-19(18-13-14-3-1-2-4-17(14)26-18)21-11-9-20(10-12-21)15-5-7-16(8-6-15)22(24)25/h1-8,18H,9-13H2. The minimum atomic E-state index is -0.391. The largest absolute Gasteiger partial charge is 0.368 e. The van der Waals surface area contributed by atoms with E-state index in [1.165, 1.54) is 22.6 Å². The molecule has 0 aromatic heterocycles. The second-order valence-electron chi connectivity index (χ2n) is 6.50. The zero-order valence-corrected chi connectivity index (χ0v) is 15.0. The van der Waals surface area contributed by atoms with Crippen LogP contribution in [-0.2, 0) is 11.2 Å². The van der Waals surface area contributed by atoms with E-state index in [0.29, 0.717) is 13.1 Å². The summed E-state index contributed by atoms with van der Waals surface area (Å²) in [5.41, 5.74) is 2.33. The smallest absolute Gasteiger partial charge is 0.269 e. The summed E-state index contributed by atoms with van der Waals surface area (Å²) in [5, 5.41) is 10.7. The molecule has 134 valence electrons. The van der Waals surface area contributed by atoms with Crippen LogP contribution >= 0.6 is 11.8 Å². The van der Waals surface area contributed by atoms with Crippen LogP contribution in [0.15, 0.2) is 53.4 Å². The van der Waals surface area contributed by atoms with Crippen molar-refractivity contribution in [2.24, 2.45) is 0 Å². The van der Waals surface area contributed by atoms with Gasteiger partial charge in [-0.3, -0.25) is 14.9 Å². The van der Waals surface area contributed by atoms with Crippen molar-refractivity contribution in [3.05, 3.63) is 64.2 Å². The molecule has 0 spiro atoms. The third-order valence-electron chi connectivity index (χ3n) is 4.94. The summed E-state index contributed by atoms with van der Waals surface area (Å²) < 4.78 is 0. The van der Waals surface area contributed by atoms with Crippen LogP contribution in [-0.4, -0.2) is 47.2 Å². The third-order valence-corrected chi connectivity index (χ3v) is 6.24. The Hall–Kier alpha value is -2.54. The minimum absolute atomic E-state index is 0.0154. The van der Waals surface area contributed by atoms with Crippen LogP contribution in [0.1, 0.15) is 5.56 Å². The summed E-state index contributed by atoms with van der Waals surface area (Å²) in [5.74, 6) is 0.217. The normalized spacial score (nSPS) is 19.3. The molecule has 7 heteroatoms. The average Bonchev–Trinajstić information content (AvgIpc) is 3.12. The molecule has 1 amide bonds. The topological polar surface area (TPSA) is 66.7 Å². The van der Waals surface area contributed by atoms with E-state index in [1.807, 2.05) is 17.0 Å². The highest BCUT2D eigenvalue weighted by Gasteiger charge is 2.32. The summed E-state index contributed by atoms with van der Waals surface area (Å²) in [6.45, 7) is 2.86. The fourth-order valence-electron chi connectivity index (χ4n) is 3.49. The summed E-state index contributed by atoms with van der Waals surface area (Å²) in [4.78, 5) is 28.6. The number of hydrogen-bond acceptors (Lipinski definition) is 5. The number of nitrogens with zero attached hydrogens (tertiary/aromatic N) is 3. The molecule has 2 aromatic rings. The average molecular weight is 369 g/mol. The molecule has 2 aliphatic heterocycles. The van der Waals surface area contributed by atoms with Gasteiger partial charge in [-0.25, -0.2) is 0 Å². The lowest BCUT2D eigenvalue weighted by Crippen LogP contribution is -2.51. The maximum Gasteiger partial charge on any atom is 0.269 e. The van der Waals surface area contributed by atoms with Crippen molar-refractivity contribution < 1.29 is 9.72 Å². The van der Waals surface area contributed by atoms with Crippen molar-refractivity contribution in [1.82, 2.24) is 4.90 Å². The number of fused-ring (bicyclic) bond motifs is 1. The highest BCUT2D eigenvalue weighted by molar-refractivity contribution is 8.01. The number of anilines is 1. The van der Waals surface area contributed by atoms with Gasteiger partial charge in [0.2, 0.25) is 5.91 Å². The number of benzene rings is 2. The number of nitro groups is 1. The van der Waals surface area contributed by atoms with Crippen LogP contribution in [0.4, 0.5) is 11.4 Å². The van der Waals surface area contributed by atoms with Crippen molar-refractivity contribution in [3.63, 3.8) is 0 Å². The van der Waals surface area contributed by atoms with Gasteiger partial charge in [0.05, 0.1) is 10.2 Å². The third kappa shape index (κ3) is 3.26. The van der Waals surface area contributed by atoms with Gasteiger partial charge in [-0.2, -0.15) is 0 Å². The number of carbonyl (C=O) groups excluding carboxylic acids is 1. The molecule has 2 aromatic carbocycles. The first-order chi connectivity index (χ1) is 12.6. The summed E-state index contributed by atoms with van der Waals surface area (Å²) in [7, 11) is 0. The molecule has 0 bridgehead atoms. The molecule has 0 radical (unpaired) electrons. The van der Waals surface area contributed by atoms with Crippen molar-refractivity contribution in [3.8, 4) is 0 Å². The van der Waals surface area contributed by atoms with E-state index >= 15 is 0 Å². The van der Waals surface area contributed by atoms with Crippen LogP contribution in [0.25, 0.3) is 0 Å². The van der Waals surface area contributed by atoms with E-state index < -0.39 is 4.92 Å². The molecule has 0 N–H and O–H groups in total. The molecular formula is C19H19N3O3S. The quantitative estimate of drug-likeness (QED) is 0.615. The second-order valence-corrected chi connectivity index (χ2v) is 7.75. The summed E-state index contributed by atoms with van der Waals surface area (Å²) in [6.07, 6.45) is 0.808. The Morgan fingerprint density at radius 3 is 2.38 bits per heavy atom. The van der Waals surface area contributed by atoms with Gasteiger partial charge in [0.1, 0.15) is 0 Å². The fourth-order valence-corrected chi connectivity index (χ4v) is 4.77. The maximum absolute atomic E-state index is 12.8. The molecule has 1 saturated heterocycles. The number of hydrogen-bond donors (Lipinski definition) is 0. The molecule has 4 rings (SSSR count). The Morgan fingerprint density at radius 2 is 1.73 bits per heavy atom. The maximum atomic E-state index is 12.8. The Bertz CT molecular complexity index is 807. The van der Waals surface area contributed by atoms with Gasteiger partial charge in [-0.1, -0.05) is 18.2 Å². The zero-order chi connectivity index (χ0) is 18.1. The first-order valence-electron chi connectivity index (χ1n) is 8.64. The van der Waals surface area contributed by atoms with E-state index in [4.69, 9.17) is 0 Å². The van der Waals surface area contributed by atoms with E-state index in [-0.39, 0.29) is 16.8 Å². The monoisotopic (exact) mass is 369 g/mol. The van der Waals surface area contributed by atoms with Gasteiger partial charge in [-0.05, 0) is 30.2 Å². The van der Waals surface area contributed by atoms with Crippen molar-refractivity contribution in [1.29, 1.82) is 0 Å². The lowest BCUT2D eigenvalue weighted by atomic mass is 10.1. The number of nitro benzene ring substituents is 1. The Morgan fingerprint density at radius 1 is 1.04 bits per heavy atom. The van der Waals surface area contributed by atoms with E-state index in [1.54, 1.807) is 23.9 Å². The SMILES string of the molecule is O=C(C1Cc2ccccc2S1)N1CCN(c2ccc([N+](=O)[O-])cc2)CC1. The lowest BCUT2D eigenvalue weighted by Gasteiger charge is -2.37. The first kappa shape index (κ1) is 16.9. The van der Waals surface area contributed by atoms with Crippen molar-refractivity contribution in [2.75, 3.05) is 31.1 Å². The second kappa shape index (κ2) is 6.99. The molecule has 26 heavy (non-hydrogen) atoms. The number of amides is 1. The fraction of sp³-hybridized carbons (Fsp3) is 0.316. The number of rotatable bonds is 3. The van der Waals surface area contributed by atoms with Gasteiger partial charge in [0, 0.05) is 48.9 Å². The highest BCUT2D eigenvalue weighted by atomic mass is 32.2. The van der Waals surface area contributed by atoms with Gasteiger partial charge >= 0.3 is 0 Å². The van der Waals surface area contributed by atoms with Gasteiger partial charge in [0.15, 0.2) is 0 Å². The van der Waals surface area contributed by atoms with Crippen LogP contribution in [0.2, 0.25) is 0 Å². The molecule has 1 unspecified atom stereocenters. The molecule has 2 aliphatic rings. The van der Waals surface area contributed by atoms with E-state index in [9.17, 15) is 14.9 Å². The van der Waals surface area contributed by atoms with Gasteiger partial charge in [0.25, 0.3) is 5.69 Å². The van der Waals surface area contributed by atoms with Gasteiger partial charge in [-0.15, -0.1) is 11.8 Å². The predicted octanol–water partition coefficient (Wildman–Crippen LogP) is 2.96. The number of thioether (sulfide) groups is 1. The lowest BCUT2D eigenvalue weighted by molar-refractivity contribution is -0.384. The van der Waals surface area contributed by atoms with Crippen molar-refractivity contribution in [2.45, 2.75) is 16.6 Å². The molecule has 0 saturated carbocycles. The summed E-state index contributed by atoms with van der Waals surface area (Å²) >= 11 is 1.67. The molecule has 1 fully saturated rings. The highest BCUT2D eigenvalue weighted by Crippen LogP contribution is 2.37. The molecule has 2 heterocycles.